The van der Waals surface area contributed by atoms with Gasteiger partial charge in [-0.3, -0.25) is 0 Å². The summed E-state index contributed by atoms with van der Waals surface area (Å²) in [6, 6.07) is 6.12. The number of aromatic nitrogens is 4. The van der Waals surface area contributed by atoms with Crippen molar-refractivity contribution in [3.8, 4) is 0 Å². The molecule has 6 nitrogen and oxygen atoms in total. The van der Waals surface area contributed by atoms with Crippen molar-refractivity contribution in [2.45, 2.75) is 13.0 Å². The molecule has 6 heteroatoms. The number of fused-ring (bicyclic) bond motifs is 3. The van der Waals surface area contributed by atoms with Gasteiger partial charge in [0.25, 0.3) is 0 Å². The summed E-state index contributed by atoms with van der Waals surface area (Å²) in [6.45, 7) is 1.12. The number of carbonyl (C=O) groups is 1. The smallest absolute Gasteiger partial charge is 0.355 e. The van der Waals surface area contributed by atoms with E-state index in [9.17, 15) is 4.79 Å². The van der Waals surface area contributed by atoms with Gasteiger partial charge in [0.05, 0.1) is 13.2 Å². The topological polar surface area (TPSA) is 72.8 Å². The molecule has 0 amide bonds. The van der Waals surface area contributed by atoms with Crippen molar-refractivity contribution in [3.63, 3.8) is 0 Å². The predicted octanol–water partition coefficient (Wildman–Crippen LogP) is 1.52. The van der Waals surface area contributed by atoms with Crippen LogP contribution in [0.3, 0.4) is 0 Å². The van der Waals surface area contributed by atoms with E-state index in [2.05, 4.69) is 21.1 Å². The first kappa shape index (κ1) is 11.2. The third-order valence-corrected chi connectivity index (χ3v) is 3.57. The van der Waals surface area contributed by atoms with Crippen LogP contribution in [0.4, 0.5) is 0 Å². The zero-order chi connectivity index (χ0) is 13.5. The summed E-state index contributed by atoms with van der Waals surface area (Å²) in [6.07, 6.45) is 3.97. The van der Waals surface area contributed by atoms with E-state index >= 15 is 0 Å². The van der Waals surface area contributed by atoms with E-state index in [0.717, 1.165) is 28.5 Å². The van der Waals surface area contributed by atoms with Crippen LogP contribution in [0.1, 0.15) is 21.6 Å². The first-order valence-corrected chi connectivity index (χ1v) is 6.44. The fraction of sp³-hybridized carbons (Fsp3) is 0.214. The van der Waals surface area contributed by atoms with E-state index in [0.29, 0.717) is 18.8 Å². The predicted molar refractivity (Wildman–Crippen MR) is 71.4 cm³/mol. The molecule has 3 heterocycles. The molecule has 0 saturated carbocycles. The summed E-state index contributed by atoms with van der Waals surface area (Å²) in [7, 11) is 0. The number of ether oxygens (including phenoxy) is 1. The number of benzene rings is 1. The van der Waals surface area contributed by atoms with Crippen LogP contribution in [0.2, 0.25) is 0 Å². The Labute approximate surface area is 114 Å². The Balaban J connectivity index is 1.80. The van der Waals surface area contributed by atoms with Crippen LogP contribution in [0.15, 0.2) is 30.9 Å². The molecule has 20 heavy (non-hydrogen) atoms. The molecular weight excluding hydrogens is 256 g/mol. The number of carbonyl (C=O) groups excluding carboxylic acids is 1. The number of aromatic amines is 1. The summed E-state index contributed by atoms with van der Waals surface area (Å²) >= 11 is 0. The van der Waals surface area contributed by atoms with Gasteiger partial charge < -0.3 is 9.72 Å². The fourth-order valence-electron chi connectivity index (χ4n) is 2.65. The summed E-state index contributed by atoms with van der Waals surface area (Å²) in [5.74, 6) is -0.264. The van der Waals surface area contributed by atoms with Gasteiger partial charge in [-0.1, -0.05) is 6.07 Å². The summed E-state index contributed by atoms with van der Waals surface area (Å²) in [5.41, 5.74) is 3.74. The van der Waals surface area contributed by atoms with Crippen LogP contribution in [0.5, 0.6) is 0 Å². The number of H-pyrrole nitrogens is 1. The lowest BCUT2D eigenvalue weighted by Crippen LogP contribution is -2.16. The molecule has 1 aromatic carbocycles. The molecule has 4 rings (SSSR count). The molecule has 0 saturated heterocycles. The minimum atomic E-state index is -0.264. The Hall–Kier alpha value is -2.63. The maximum Gasteiger partial charge on any atom is 0.355 e. The zero-order valence-corrected chi connectivity index (χ0v) is 10.7. The normalized spacial score (nSPS) is 14.3. The highest BCUT2D eigenvalue weighted by atomic mass is 16.5. The third-order valence-electron chi connectivity index (χ3n) is 3.57. The molecule has 0 spiro atoms. The van der Waals surface area contributed by atoms with Crippen molar-refractivity contribution in [1.29, 1.82) is 0 Å². The average molecular weight is 268 g/mol. The Morgan fingerprint density at radius 3 is 3.20 bits per heavy atom. The lowest BCUT2D eigenvalue weighted by atomic mass is 10.0. The molecule has 100 valence electrons. The summed E-state index contributed by atoms with van der Waals surface area (Å²) in [4.78, 5) is 18.8. The number of hydrogen-bond acceptors (Lipinski definition) is 4. The summed E-state index contributed by atoms with van der Waals surface area (Å²) < 4.78 is 6.83. The van der Waals surface area contributed by atoms with Crippen molar-refractivity contribution in [2.24, 2.45) is 0 Å². The Morgan fingerprint density at radius 1 is 1.40 bits per heavy atom. The highest BCUT2D eigenvalue weighted by Crippen LogP contribution is 2.27. The molecule has 3 aromatic rings. The Morgan fingerprint density at radius 2 is 2.35 bits per heavy atom. The molecule has 0 atom stereocenters. The molecule has 1 aliphatic rings. The SMILES string of the molecule is O=C1OCCc2c1[nH]c1ccc(Cn3cncn3)cc21. The Kier molecular flexibility index (Phi) is 2.35. The van der Waals surface area contributed by atoms with Crippen molar-refractivity contribution in [3.05, 3.63) is 47.7 Å². The van der Waals surface area contributed by atoms with Gasteiger partial charge in [-0.05, 0) is 23.3 Å². The second-order valence-electron chi connectivity index (χ2n) is 4.84. The highest BCUT2D eigenvalue weighted by molar-refractivity contribution is 5.99. The van der Waals surface area contributed by atoms with Gasteiger partial charge in [-0.15, -0.1) is 0 Å². The highest BCUT2D eigenvalue weighted by Gasteiger charge is 2.23. The second kappa shape index (κ2) is 4.19. The van der Waals surface area contributed by atoms with E-state index in [1.165, 1.54) is 6.33 Å². The number of rotatable bonds is 2. The summed E-state index contributed by atoms with van der Waals surface area (Å²) in [5, 5.41) is 5.19. The maximum atomic E-state index is 11.7. The van der Waals surface area contributed by atoms with Gasteiger partial charge in [-0.25, -0.2) is 14.5 Å². The second-order valence-corrected chi connectivity index (χ2v) is 4.84. The minimum absolute atomic E-state index is 0.264. The first-order valence-electron chi connectivity index (χ1n) is 6.44. The van der Waals surface area contributed by atoms with Gasteiger partial charge in [0, 0.05) is 17.3 Å². The molecule has 0 unspecified atom stereocenters. The molecule has 0 bridgehead atoms. The van der Waals surface area contributed by atoms with Crippen molar-refractivity contribution in [1.82, 2.24) is 19.7 Å². The van der Waals surface area contributed by atoms with Crippen LogP contribution < -0.4 is 0 Å². The Bertz CT molecular complexity index is 789. The molecule has 0 radical (unpaired) electrons. The van der Waals surface area contributed by atoms with E-state index in [-0.39, 0.29) is 5.97 Å². The lowest BCUT2D eigenvalue weighted by molar-refractivity contribution is 0.0475. The van der Waals surface area contributed by atoms with E-state index in [4.69, 9.17) is 4.74 Å². The maximum absolute atomic E-state index is 11.7. The third kappa shape index (κ3) is 1.69. The van der Waals surface area contributed by atoms with Crippen LogP contribution in [0.25, 0.3) is 10.9 Å². The van der Waals surface area contributed by atoms with Gasteiger partial charge in [-0.2, -0.15) is 5.10 Å². The van der Waals surface area contributed by atoms with Crippen LogP contribution in [0, 0.1) is 0 Å². The number of hydrogen-bond donors (Lipinski definition) is 1. The lowest BCUT2D eigenvalue weighted by Gasteiger charge is -2.11. The average Bonchev–Trinajstić information content (AvgIpc) is 3.07. The van der Waals surface area contributed by atoms with Gasteiger partial charge in [0.1, 0.15) is 18.3 Å². The van der Waals surface area contributed by atoms with E-state index in [1.807, 2.05) is 12.1 Å². The standard InChI is InChI=1S/C14H12N4O2/c19-14-13-10(3-4-20-14)11-5-9(1-2-12(11)17-13)6-18-8-15-7-16-18/h1-2,5,7-8,17H,3-4,6H2. The van der Waals surface area contributed by atoms with Crippen LogP contribution >= 0.6 is 0 Å². The van der Waals surface area contributed by atoms with Gasteiger partial charge in [0.2, 0.25) is 0 Å². The molecule has 0 aliphatic carbocycles. The molecule has 1 aliphatic heterocycles. The molecule has 0 fully saturated rings. The monoisotopic (exact) mass is 268 g/mol. The van der Waals surface area contributed by atoms with Crippen molar-refractivity contribution in [2.75, 3.05) is 6.61 Å². The van der Waals surface area contributed by atoms with Crippen molar-refractivity contribution >= 4 is 16.9 Å². The van der Waals surface area contributed by atoms with E-state index < -0.39 is 0 Å². The number of esters is 1. The number of nitrogens with one attached hydrogen (secondary N) is 1. The minimum Gasteiger partial charge on any atom is -0.461 e. The van der Waals surface area contributed by atoms with E-state index in [1.54, 1.807) is 11.0 Å². The first-order chi connectivity index (χ1) is 9.81. The van der Waals surface area contributed by atoms with Gasteiger partial charge >= 0.3 is 5.97 Å². The molecule has 1 N–H and O–H groups in total. The largest absolute Gasteiger partial charge is 0.461 e. The quantitative estimate of drug-likeness (QED) is 0.715. The molecule has 2 aromatic heterocycles. The van der Waals surface area contributed by atoms with Crippen molar-refractivity contribution < 1.29 is 9.53 Å². The van der Waals surface area contributed by atoms with Gasteiger partial charge in [0.15, 0.2) is 0 Å². The fourth-order valence-corrected chi connectivity index (χ4v) is 2.65. The number of nitrogens with zero attached hydrogens (tertiary/aromatic N) is 3. The molecular formula is C14H12N4O2. The zero-order valence-electron chi connectivity index (χ0n) is 10.7. The van der Waals surface area contributed by atoms with Crippen LogP contribution in [-0.2, 0) is 17.7 Å². The number of cyclic esters (lactones) is 1. The van der Waals surface area contributed by atoms with Crippen LogP contribution in [-0.4, -0.2) is 32.3 Å².